The number of fused-ring (bicyclic) bond motifs is 1. The molecular formula is C12H13N2O2S+. The maximum Gasteiger partial charge on any atom is 0.302 e. The summed E-state index contributed by atoms with van der Waals surface area (Å²) in [6.07, 6.45) is 2.46. The Morgan fingerprint density at radius 3 is 3.00 bits per heavy atom. The molecule has 0 unspecified atom stereocenters. The highest BCUT2D eigenvalue weighted by molar-refractivity contribution is 7.13. The van der Waals surface area contributed by atoms with Gasteiger partial charge in [0, 0.05) is 11.3 Å². The molecule has 2 aromatic rings. The van der Waals surface area contributed by atoms with Crippen molar-refractivity contribution in [2.24, 2.45) is 0 Å². The third-order valence-corrected chi connectivity index (χ3v) is 4.16. The highest BCUT2D eigenvalue weighted by Crippen LogP contribution is 2.27. The van der Waals surface area contributed by atoms with Gasteiger partial charge in [-0.15, -0.1) is 11.3 Å². The van der Waals surface area contributed by atoms with Crippen LogP contribution in [0, 0.1) is 11.8 Å². The molecule has 0 spiro atoms. The standard InChI is InChI=1S/C12H13N2O2S/c1-8-12(11-6-3-7-17-11)14(16)10-5-2-4-9(10)13(8)15/h3,6-7,15H,2,4-5H2,1H3/q+1. The van der Waals surface area contributed by atoms with Crippen LogP contribution in [0.2, 0.25) is 0 Å². The van der Waals surface area contributed by atoms with Crippen molar-refractivity contribution in [1.82, 2.24) is 4.73 Å². The van der Waals surface area contributed by atoms with Gasteiger partial charge in [-0.1, -0.05) is 6.07 Å². The molecule has 0 aromatic carbocycles. The molecule has 5 heteroatoms. The summed E-state index contributed by atoms with van der Waals surface area (Å²) in [5.41, 5.74) is 2.66. The molecule has 1 aliphatic carbocycles. The van der Waals surface area contributed by atoms with E-state index in [1.54, 1.807) is 6.92 Å². The topological polar surface area (TPSA) is 48.1 Å². The summed E-state index contributed by atoms with van der Waals surface area (Å²) in [6, 6.07) is 3.82. The van der Waals surface area contributed by atoms with Gasteiger partial charge >= 0.3 is 5.69 Å². The fourth-order valence-electron chi connectivity index (χ4n) is 2.44. The minimum Gasteiger partial charge on any atom is -0.428 e. The number of nitrogens with zero attached hydrogens (tertiary/aromatic N) is 2. The second-order valence-corrected chi connectivity index (χ2v) is 5.21. The highest BCUT2D eigenvalue weighted by atomic mass is 32.1. The summed E-state index contributed by atoms with van der Waals surface area (Å²) in [5, 5.41) is 12.0. The summed E-state index contributed by atoms with van der Waals surface area (Å²) in [6.45, 7) is 1.78. The van der Waals surface area contributed by atoms with E-state index in [0.717, 1.165) is 34.3 Å². The molecule has 17 heavy (non-hydrogen) atoms. The molecule has 2 heterocycles. The van der Waals surface area contributed by atoms with Crippen LogP contribution in [0.25, 0.3) is 10.6 Å². The van der Waals surface area contributed by atoms with E-state index in [9.17, 15) is 10.1 Å². The fourth-order valence-corrected chi connectivity index (χ4v) is 3.24. The second kappa shape index (κ2) is 3.70. The maximum absolute atomic E-state index is 12.3. The number of aromatic nitrogens is 2. The zero-order valence-electron chi connectivity index (χ0n) is 9.51. The summed E-state index contributed by atoms with van der Waals surface area (Å²) >= 11 is 1.51. The number of hydrogen-bond acceptors (Lipinski definition) is 3. The lowest BCUT2D eigenvalue weighted by Gasteiger charge is -2.06. The van der Waals surface area contributed by atoms with Crippen LogP contribution in [-0.2, 0) is 12.8 Å². The Balaban J connectivity index is 2.37. The van der Waals surface area contributed by atoms with E-state index in [-0.39, 0.29) is 0 Å². The van der Waals surface area contributed by atoms with Gasteiger partial charge in [0.25, 0.3) is 5.69 Å². The van der Waals surface area contributed by atoms with Crippen LogP contribution in [0.15, 0.2) is 17.5 Å². The van der Waals surface area contributed by atoms with Gasteiger partial charge < -0.3 is 5.21 Å². The van der Waals surface area contributed by atoms with E-state index in [1.807, 2.05) is 17.5 Å². The Labute approximate surface area is 102 Å². The highest BCUT2D eigenvalue weighted by Gasteiger charge is 2.32. The first-order valence-electron chi connectivity index (χ1n) is 5.63. The van der Waals surface area contributed by atoms with Crippen molar-refractivity contribution >= 4 is 11.3 Å². The van der Waals surface area contributed by atoms with Gasteiger partial charge in [-0.3, -0.25) is 0 Å². The Hall–Kier alpha value is -1.62. The van der Waals surface area contributed by atoms with E-state index < -0.39 is 0 Å². The normalized spacial score (nSPS) is 13.9. The SMILES string of the molecule is Cc1c(-c2cccs2)[n+](=O)c2c(n1O)CCC2. The predicted molar refractivity (Wildman–Crippen MR) is 65.1 cm³/mol. The van der Waals surface area contributed by atoms with E-state index in [2.05, 4.69) is 0 Å². The van der Waals surface area contributed by atoms with E-state index in [1.165, 1.54) is 16.1 Å². The molecule has 0 bridgehead atoms. The van der Waals surface area contributed by atoms with Crippen LogP contribution in [0.4, 0.5) is 0 Å². The van der Waals surface area contributed by atoms with Crippen molar-refractivity contribution < 1.29 is 9.63 Å². The minimum atomic E-state index is 0.572. The van der Waals surface area contributed by atoms with Crippen LogP contribution in [0.5, 0.6) is 0 Å². The molecule has 0 fully saturated rings. The molecule has 0 saturated carbocycles. The summed E-state index contributed by atoms with van der Waals surface area (Å²) in [5.74, 6) is 0. The van der Waals surface area contributed by atoms with Crippen molar-refractivity contribution in [2.45, 2.75) is 26.2 Å². The first kappa shape index (κ1) is 10.5. The van der Waals surface area contributed by atoms with Crippen molar-refractivity contribution in [3.63, 3.8) is 0 Å². The Morgan fingerprint density at radius 1 is 1.47 bits per heavy atom. The monoisotopic (exact) mass is 249 g/mol. The number of hydrogen-bond donors (Lipinski definition) is 1. The van der Waals surface area contributed by atoms with E-state index >= 15 is 0 Å². The van der Waals surface area contributed by atoms with Crippen LogP contribution in [0.3, 0.4) is 0 Å². The molecule has 3 rings (SSSR count). The van der Waals surface area contributed by atoms with Gasteiger partial charge in [-0.05, 0) is 31.2 Å². The van der Waals surface area contributed by atoms with Gasteiger partial charge in [0.15, 0.2) is 0 Å². The molecule has 2 aromatic heterocycles. The van der Waals surface area contributed by atoms with Gasteiger partial charge in [0.05, 0.1) is 4.43 Å². The molecule has 1 N–H and O–H groups in total. The summed E-state index contributed by atoms with van der Waals surface area (Å²) in [7, 11) is 0. The van der Waals surface area contributed by atoms with Gasteiger partial charge in [0.2, 0.25) is 0 Å². The molecule has 0 atom stereocenters. The van der Waals surface area contributed by atoms with E-state index in [0.29, 0.717) is 17.1 Å². The molecule has 0 saturated heterocycles. The summed E-state index contributed by atoms with van der Waals surface area (Å²) < 4.78 is 2.18. The Kier molecular flexibility index (Phi) is 2.29. The van der Waals surface area contributed by atoms with E-state index in [4.69, 9.17) is 0 Å². The zero-order chi connectivity index (χ0) is 12.0. The van der Waals surface area contributed by atoms with Crippen LogP contribution in [0.1, 0.15) is 23.5 Å². The quantitative estimate of drug-likeness (QED) is 0.622. The largest absolute Gasteiger partial charge is 0.428 e. The Morgan fingerprint density at radius 2 is 2.29 bits per heavy atom. The van der Waals surface area contributed by atoms with Crippen molar-refractivity contribution in [3.05, 3.63) is 39.5 Å². The van der Waals surface area contributed by atoms with Crippen molar-refractivity contribution in [1.29, 1.82) is 0 Å². The number of thiophene rings is 1. The van der Waals surface area contributed by atoms with Crippen molar-refractivity contribution in [2.75, 3.05) is 0 Å². The van der Waals surface area contributed by atoms with Crippen molar-refractivity contribution in [3.8, 4) is 10.6 Å². The lowest BCUT2D eigenvalue weighted by Crippen LogP contribution is -2.29. The fraction of sp³-hybridized carbons (Fsp3) is 0.333. The average Bonchev–Trinajstić information content (AvgIpc) is 2.97. The average molecular weight is 249 g/mol. The first-order chi connectivity index (χ1) is 8.20. The molecule has 88 valence electrons. The second-order valence-electron chi connectivity index (χ2n) is 4.26. The lowest BCUT2D eigenvalue weighted by atomic mass is 10.2. The third-order valence-electron chi connectivity index (χ3n) is 3.28. The maximum atomic E-state index is 12.3. The Bertz CT molecular complexity index is 629. The first-order valence-corrected chi connectivity index (χ1v) is 6.51. The number of rotatable bonds is 1. The molecule has 1 aliphatic rings. The van der Waals surface area contributed by atoms with Gasteiger partial charge in [0.1, 0.15) is 16.3 Å². The van der Waals surface area contributed by atoms with Crippen LogP contribution >= 0.6 is 11.3 Å². The predicted octanol–water partition coefficient (Wildman–Crippen LogP) is 2.17. The van der Waals surface area contributed by atoms with Crippen LogP contribution < -0.4 is 4.43 Å². The molecule has 4 nitrogen and oxygen atoms in total. The zero-order valence-corrected chi connectivity index (χ0v) is 10.3. The summed E-state index contributed by atoms with van der Waals surface area (Å²) in [4.78, 5) is 13.2. The third kappa shape index (κ3) is 1.42. The van der Waals surface area contributed by atoms with Crippen LogP contribution in [-0.4, -0.2) is 9.94 Å². The van der Waals surface area contributed by atoms with Gasteiger partial charge in [-0.25, -0.2) is 0 Å². The lowest BCUT2D eigenvalue weighted by molar-refractivity contribution is -0.494. The van der Waals surface area contributed by atoms with Gasteiger partial charge in [-0.2, -0.15) is 4.73 Å². The smallest absolute Gasteiger partial charge is 0.302 e. The molecule has 0 amide bonds. The minimum absolute atomic E-state index is 0.572. The molecule has 0 radical (unpaired) electrons. The molecular weight excluding hydrogens is 236 g/mol. The molecule has 0 aliphatic heterocycles.